The maximum absolute atomic E-state index is 11.1. The molecule has 2 aromatic rings. The number of aromatic nitrogens is 1. The second-order valence-corrected chi connectivity index (χ2v) is 4.36. The van der Waals surface area contributed by atoms with Crippen molar-refractivity contribution in [2.24, 2.45) is 5.73 Å². The lowest BCUT2D eigenvalue weighted by Gasteiger charge is -2.27. The number of aromatic amines is 1. The Labute approximate surface area is 110 Å². The summed E-state index contributed by atoms with van der Waals surface area (Å²) in [5.74, 6) is 1.38. The summed E-state index contributed by atoms with van der Waals surface area (Å²) in [6.07, 6.45) is 1.52. The highest BCUT2D eigenvalue weighted by Crippen LogP contribution is 2.40. The molecule has 0 bridgehead atoms. The SMILES string of the molecule is NCC1COc2cccc(-c3ccc(=O)[nH]c3)c2O1. The maximum Gasteiger partial charge on any atom is 0.247 e. The first-order chi connectivity index (χ1) is 9.28. The lowest BCUT2D eigenvalue weighted by atomic mass is 10.1. The van der Waals surface area contributed by atoms with Crippen molar-refractivity contribution >= 4 is 0 Å². The molecule has 1 aromatic carbocycles. The van der Waals surface area contributed by atoms with E-state index in [1.807, 2.05) is 18.2 Å². The molecule has 1 aliphatic heterocycles. The number of H-pyrrole nitrogens is 1. The number of rotatable bonds is 2. The van der Waals surface area contributed by atoms with Gasteiger partial charge in [0.05, 0.1) is 0 Å². The normalized spacial score (nSPS) is 17.2. The average molecular weight is 258 g/mol. The Morgan fingerprint density at radius 2 is 2.21 bits per heavy atom. The third-order valence-corrected chi connectivity index (χ3v) is 3.05. The van der Waals surface area contributed by atoms with Crippen LogP contribution < -0.4 is 20.8 Å². The first-order valence-corrected chi connectivity index (χ1v) is 6.09. The van der Waals surface area contributed by atoms with Gasteiger partial charge in [-0.05, 0) is 12.1 Å². The highest BCUT2D eigenvalue weighted by atomic mass is 16.6. The van der Waals surface area contributed by atoms with Gasteiger partial charge in [-0.15, -0.1) is 0 Å². The van der Waals surface area contributed by atoms with Gasteiger partial charge in [0.2, 0.25) is 5.56 Å². The fourth-order valence-electron chi connectivity index (χ4n) is 2.06. The minimum absolute atomic E-state index is 0.134. The zero-order chi connectivity index (χ0) is 13.2. The second kappa shape index (κ2) is 4.78. The Morgan fingerprint density at radius 1 is 1.32 bits per heavy atom. The maximum atomic E-state index is 11.1. The van der Waals surface area contributed by atoms with Crippen LogP contribution in [-0.4, -0.2) is 24.2 Å². The van der Waals surface area contributed by atoms with Gasteiger partial charge >= 0.3 is 0 Å². The number of benzene rings is 1. The van der Waals surface area contributed by atoms with Gasteiger partial charge < -0.3 is 20.2 Å². The second-order valence-electron chi connectivity index (χ2n) is 4.36. The first-order valence-electron chi connectivity index (χ1n) is 6.09. The summed E-state index contributed by atoms with van der Waals surface area (Å²) in [5, 5.41) is 0. The Balaban J connectivity index is 2.07. The van der Waals surface area contributed by atoms with E-state index in [9.17, 15) is 4.79 Å². The molecule has 3 rings (SSSR count). The van der Waals surface area contributed by atoms with Crippen LogP contribution in [0.3, 0.4) is 0 Å². The van der Waals surface area contributed by atoms with Crippen molar-refractivity contribution in [3.05, 3.63) is 46.9 Å². The number of ether oxygens (including phenoxy) is 2. The summed E-state index contributed by atoms with van der Waals surface area (Å²) < 4.78 is 11.5. The van der Waals surface area contributed by atoms with Gasteiger partial charge in [0, 0.05) is 29.9 Å². The van der Waals surface area contributed by atoms with Crippen molar-refractivity contribution in [3.8, 4) is 22.6 Å². The van der Waals surface area contributed by atoms with E-state index >= 15 is 0 Å². The summed E-state index contributed by atoms with van der Waals surface area (Å²) in [4.78, 5) is 13.8. The van der Waals surface area contributed by atoms with E-state index < -0.39 is 0 Å². The average Bonchev–Trinajstić information content (AvgIpc) is 2.47. The zero-order valence-corrected chi connectivity index (χ0v) is 10.3. The number of nitrogens with one attached hydrogen (secondary N) is 1. The van der Waals surface area contributed by atoms with Crippen LogP contribution in [0.15, 0.2) is 41.3 Å². The van der Waals surface area contributed by atoms with Gasteiger partial charge in [-0.25, -0.2) is 0 Å². The predicted octanol–water partition coefficient (Wildman–Crippen LogP) is 1.14. The molecule has 2 heterocycles. The van der Waals surface area contributed by atoms with Crippen LogP contribution in [0.1, 0.15) is 0 Å². The first kappa shape index (κ1) is 11.8. The lowest BCUT2D eigenvalue weighted by molar-refractivity contribution is 0.0976. The molecule has 98 valence electrons. The van der Waals surface area contributed by atoms with Crippen molar-refractivity contribution in [2.75, 3.05) is 13.2 Å². The molecule has 1 aromatic heterocycles. The Morgan fingerprint density at radius 3 is 2.95 bits per heavy atom. The van der Waals surface area contributed by atoms with Crippen LogP contribution in [0.2, 0.25) is 0 Å². The number of nitrogens with two attached hydrogens (primary N) is 1. The number of pyridine rings is 1. The van der Waals surface area contributed by atoms with Crippen LogP contribution >= 0.6 is 0 Å². The largest absolute Gasteiger partial charge is 0.486 e. The van der Waals surface area contributed by atoms with E-state index in [2.05, 4.69) is 4.98 Å². The molecule has 0 spiro atoms. The fraction of sp³-hybridized carbons (Fsp3) is 0.214. The minimum atomic E-state index is -0.142. The molecule has 19 heavy (non-hydrogen) atoms. The van der Waals surface area contributed by atoms with Gasteiger partial charge in [0.1, 0.15) is 12.7 Å². The van der Waals surface area contributed by atoms with Gasteiger partial charge in [0.15, 0.2) is 11.5 Å². The van der Waals surface area contributed by atoms with Crippen LogP contribution in [-0.2, 0) is 0 Å². The highest BCUT2D eigenvalue weighted by molar-refractivity contribution is 5.73. The standard InChI is InChI=1S/C14H14N2O3/c15-6-10-8-18-12-3-1-2-11(14(12)19-10)9-4-5-13(17)16-7-9/h1-5,7,10H,6,8,15H2,(H,16,17). The number of fused-ring (bicyclic) bond motifs is 1. The molecule has 1 atom stereocenters. The van der Waals surface area contributed by atoms with E-state index in [0.29, 0.717) is 24.7 Å². The Bertz CT molecular complexity index is 631. The number of hydrogen-bond donors (Lipinski definition) is 2. The molecule has 0 amide bonds. The predicted molar refractivity (Wildman–Crippen MR) is 71.5 cm³/mol. The van der Waals surface area contributed by atoms with Gasteiger partial charge in [-0.2, -0.15) is 0 Å². The quantitative estimate of drug-likeness (QED) is 0.846. The summed E-state index contributed by atoms with van der Waals surface area (Å²) >= 11 is 0. The van der Waals surface area contributed by atoms with E-state index in [4.69, 9.17) is 15.2 Å². The monoisotopic (exact) mass is 258 g/mol. The molecule has 0 aliphatic carbocycles. The lowest BCUT2D eigenvalue weighted by Crippen LogP contribution is -2.35. The summed E-state index contributed by atoms with van der Waals surface area (Å²) in [7, 11) is 0. The van der Waals surface area contributed by atoms with Crippen LogP contribution in [0.25, 0.3) is 11.1 Å². The van der Waals surface area contributed by atoms with Crippen molar-refractivity contribution in [3.63, 3.8) is 0 Å². The van der Waals surface area contributed by atoms with Crippen molar-refractivity contribution in [1.29, 1.82) is 0 Å². The molecule has 3 N–H and O–H groups in total. The van der Waals surface area contributed by atoms with E-state index in [1.54, 1.807) is 12.3 Å². The third-order valence-electron chi connectivity index (χ3n) is 3.05. The summed E-state index contributed by atoms with van der Waals surface area (Å²) in [5.41, 5.74) is 7.24. The molecular weight excluding hydrogens is 244 g/mol. The molecule has 0 fully saturated rings. The van der Waals surface area contributed by atoms with Crippen molar-refractivity contribution in [1.82, 2.24) is 4.98 Å². The number of para-hydroxylation sites is 1. The molecule has 0 saturated heterocycles. The molecule has 5 heteroatoms. The van der Waals surface area contributed by atoms with Crippen LogP contribution in [0.4, 0.5) is 0 Å². The molecule has 0 radical (unpaired) electrons. The minimum Gasteiger partial charge on any atom is -0.486 e. The number of hydrogen-bond acceptors (Lipinski definition) is 4. The van der Waals surface area contributed by atoms with Crippen molar-refractivity contribution < 1.29 is 9.47 Å². The van der Waals surface area contributed by atoms with E-state index in [-0.39, 0.29) is 11.7 Å². The highest BCUT2D eigenvalue weighted by Gasteiger charge is 2.22. The third kappa shape index (κ3) is 2.20. The molecule has 5 nitrogen and oxygen atoms in total. The Kier molecular flexibility index (Phi) is 2.97. The molecular formula is C14H14N2O3. The van der Waals surface area contributed by atoms with E-state index in [0.717, 1.165) is 11.1 Å². The Hall–Kier alpha value is -2.27. The van der Waals surface area contributed by atoms with Gasteiger partial charge in [0.25, 0.3) is 0 Å². The van der Waals surface area contributed by atoms with Gasteiger partial charge in [-0.1, -0.05) is 12.1 Å². The summed E-state index contributed by atoms with van der Waals surface area (Å²) in [6.45, 7) is 0.859. The zero-order valence-electron chi connectivity index (χ0n) is 10.3. The fourth-order valence-corrected chi connectivity index (χ4v) is 2.06. The van der Waals surface area contributed by atoms with E-state index in [1.165, 1.54) is 6.07 Å². The smallest absolute Gasteiger partial charge is 0.247 e. The van der Waals surface area contributed by atoms with Crippen LogP contribution in [0, 0.1) is 0 Å². The topological polar surface area (TPSA) is 77.3 Å². The molecule has 0 saturated carbocycles. The van der Waals surface area contributed by atoms with Crippen molar-refractivity contribution in [2.45, 2.75) is 6.10 Å². The molecule has 1 unspecified atom stereocenters. The van der Waals surface area contributed by atoms with Gasteiger partial charge in [-0.3, -0.25) is 4.79 Å². The summed E-state index contributed by atoms with van der Waals surface area (Å²) in [6, 6.07) is 8.92. The molecule has 1 aliphatic rings. The van der Waals surface area contributed by atoms with Crippen LogP contribution in [0.5, 0.6) is 11.5 Å².